The normalized spacial score (nSPS) is 14.0. The maximum absolute atomic E-state index is 13.6. The Morgan fingerprint density at radius 1 is 0.941 bits per heavy atom. The Kier molecular flexibility index (Phi) is 6.47. The third kappa shape index (κ3) is 4.91. The van der Waals surface area contributed by atoms with Crippen LogP contribution in [0.2, 0.25) is 0 Å². The van der Waals surface area contributed by atoms with Crippen molar-refractivity contribution >= 4 is 5.78 Å². The average molecular weight is 456 g/mol. The van der Waals surface area contributed by atoms with Crippen LogP contribution < -0.4 is 4.74 Å². The van der Waals surface area contributed by atoms with Crippen molar-refractivity contribution in [1.29, 1.82) is 0 Å². The maximum atomic E-state index is 13.6. The number of halogens is 1. The molecule has 5 nitrogen and oxygen atoms in total. The van der Waals surface area contributed by atoms with Crippen LogP contribution in [0.5, 0.6) is 5.75 Å². The number of imidazole rings is 1. The lowest BCUT2D eigenvalue weighted by Crippen LogP contribution is -2.18. The number of Topliss-reactive ketones (excluding diaryl/α,β-unsaturated/α-hetero) is 1. The van der Waals surface area contributed by atoms with Gasteiger partial charge in [-0.05, 0) is 84.3 Å². The van der Waals surface area contributed by atoms with E-state index in [0.717, 1.165) is 53.7 Å². The first-order valence-electron chi connectivity index (χ1n) is 11.6. The van der Waals surface area contributed by atoms with Crippen molar-refractivity contribution in [2.24, 2.45) is 0 Å². The fourth-order valence-corrected chi connectivity index (χ4v) is 4.61. The van der Waals surface area contributed by atoms with E-state index in [-0.39, 0.29) is 17.7 Å². The van der Waals surface area contributed by atoms with E-state index in [4.69, 9.17) is 4.74 Å². The molecule has 1 aliphatic rings. The number of aromatic nitrogens is 3. The SMILES string of the molecule is O=C1CCCc2c1ccc(O[C@H](Cn1ccnc1)c1ccc(F)cc1)c2CCc1ccncc1. The topological polar surface area (TPSA) is 57.0 Å². The first-order valence-corrected chi connectivity index (χ1v) is 11.6. The van der Waals surface area contributed by atoms with Crippen LogP contribution in [0.3, 0.4) is 0 Å². The van der Waals surface area contributed by atoms with E-state index in [1.165, 1.54) is 17.7 Å². The Balaban J connectivity index is 1.51. The van der Waals surface area contributed by atoms with Gasteiger partial charge in [0, 0.05) is 36.8 Å². The van der Waals surface area contributed by atoms with E-state index < -0.39 is 0 Å². The summed E-state index contributed by atoms with van der Waals surface area (Å²) >= 11 is 0. The lowest BCUT2D eigenvalue weighted by Gasteiger charge is -2.26. The molecule has 0 saturated carbocycles. The third-order valence-corrected chi connectivity index (χ3v) is 6.38. The highest BCUT2D eigenvalue weighted by Crippen LogP contribution is 2.35. The number of fused-ring (bicyclic) bond motifs is 1. The minimum absolute atomic E-state index is 0.200. The molecule has 2 heterocycles. The van der Waals surface area contributed by atoms with Crippen LogP contribution in [0, 0.1) is 5.82 Å². The Morgan fingerprint density at radius 2 is 1.76 bits per heavy atom. The molecule has 0 spiro atoms. The number of rotatable bonds is 8. The van der Waals surface area contributed by atoms with Gasteiger partial charge in [0.1, 0.15) is 17.7 Å². The molecule has 6 heteroatoms. The molecule has 0 unspecified atom stereocenters. The maximum Gasteiger partial charge on any atom is 0.163 e. The van der Waals surface area contributed by atoms with Gasteiger partial charge in [-0.15, -0.1) is 0 Å². The van der Waals surface area contributed by atoms with Crippen LogP contribution in [0.1, 0.15) is 51.6 Å². The Morgan fingerprint density at radius 3 is 2.53 bits per heavy atom. The van der Waals surface area contributed by atoms with Crippen molar-refractivity contribution in [1.82, 2.24) is 14.5 Å². The molecule has 172 valence electrons. The molecule has 0 saturated heterocycles. The largest absolute Gasteiger partial charge is 0.484 e. The number of nitrogens with zero attached hydrogens (tertiary/aromatic N) is 3. The standard InChI is InChI=1S/C28H26FN3O2/c29-22-7-5-21(6-8-22)28(18-32-17-16-31-19-32)34-27-11-10-24-23(2-1-3-26(24)33)25(27)9-4-20-12-14-30-15-13-20/h5-8,10-17,19,28H,1-4,9,18H2/t28-/m1/s1. The Bertz CT molecular complexity index is 1260. The number of hydrogen-bond donors (Lipinski definition) is 0. The molecule has 4 aromatic rings. The zero-order chi connectivity index (χ0) is 23.3. The smallest absolute Gasteiger partial charge is 0.163 e. The fraction of sp³-hybridized carbons (Fsp3) is 0.250. The van der Waals surface area contributed by atoms with Crippen molar-refractivity contribution < 1.29 is 13.9 Å². The molecule has 0 radical (unpaired) electrons. The van der Waals surface area contributed by atoms with Crippen LogP contribution in [0.25, 0.3) is 0 Å². The summed E-state index contributed by atoms with van der Waals surface area (Å²) in [5.74, 6) is 0.693. The molecule has 0 bridgehead atoms. The number of benzene rings is 2. The Hall–Kier alpha value is -3.80. The molecule has 0 fully saturated rings. The summed E-state index contributed by atoms with van der Waals surface area (Å²) in [6.07, 6.45) is 12.5. The fourth-order valence-electron chi connectivity index (χ4n) is 4.61. The minimum Gasteiger partial charge on any atom is -0.484 e. The molecule has 5 rings (SSSR count). The van der Waals surface area contributed by atoms with Crippen LogP contribution >= 0.6 is 0 Å². The molecule has 34 heavy (non-hydrogen) atoms. The molecule has 0 aliphatic heterocycles. The van der Waals surface area contributed by atoms with Gasteiger partial charge >= 0.3 is 0 Å². The summed E-state index contributed by atoms with van der Waals surface area (Å²) in [6.45, 7) is 0.533. The van der Waals surface area contributed by atoms with Crippen LogP contribution in [0.15, 0.2) is 79.6 Å². The molecule has 0 amide bonds. The van der Waals surface area contributed by atoms with Gasteiger partial charge in [-0.25, -0.2) is 9.37 Å². The molecular weight excluding hydrogens is 429 g/mol. The first-order chi connectivity index (χ1) is 16.7. The van der Waals surface area contributed by atoms with Crippen molar-refractivity contribution in [2.75, 3.05) is 0 Å². The molecule has 2 aromatic heterocycles. The molecule has 0 N–H and O–H groups in total. The number of ether oxygens (including phenoxy) is 1. The number of aryl methyl sites for hydroxylation is 1. The molecular formula is C28H26FN3O2. The second-order valence-corrected chi connectivity index (χ2v) is 8.62. The van der Waals surface area contributed by atoms with E-state index in [9.17, 15) is 9.18 Å². The van der Waals surface area contributed by atoms with E-state index in [1.807, 2.05) is 35.0 Å². The van der Waals surface area contributed by atoms with E-state index >= 15 is 0 Å². The predicted molar refractivity (Wildman–Crippen MR) is 127 cm³/mol. The second kappa shape index (κ2) is 10.00. The molecule has 1 aliphatic carbocycles. The quantitative estimate of drug-likeness (QED) is 0.350. The zero-order valence-electron chi connectivity index (χ0n) is 18.9. The summed E-state index contributed by atoms with van der Waals surface area (Å²) in [6, 6.07) is 14.3. The summed E-state index contributed by atoms with van der Waals surface area (Å²) in [5.41, 5.74) is 5.07. The van der Waals surface area contributed by atoms with Crippen LogP contribution in [-0.4, -0.2) is 20.3 Å². The van der Waals surface area contributed by atoms with Gasteiger partial charge in [0.15, 0.2) is 5.78 Å². The van der Waals surface area contributed by atoms with Crippen molar-refractivity contribution in [3.05, 3.63) is 113 Å². The highest BCUT2D eigenvalue weighted by atomic mass is 19.1. The Labute approximate surface area is 198 Å². The second-order valence-electron chi connectivity index (χ2n) is 8.62. The zero-order valence-corrected chi connectivity index (χ0v) is 18.9. The lowest BCUT2D eigenvalue weighted by molar-refractivity contribution is 0.0972. The summed E-state index contributed by atoms with van der Waals surface area (Å²) in [7, 11) is 0. The summed E-state index contributed by atoms with van der Waals surface area (Å²) in [5, 5.41) is 0. The highest BCUT2D eigenvalue weighted by molar-refractivity contribution is 5.99. The summed E-state index contributed by atoms with van der Waals surface area (Å²) < 4.78 is 22.2. The number of carbonyl (C=O) groups excluding carboxylic acids is 1. The summed E-state index contributed by atoms with van der Waals surface area (Å²) in [4.78, 5) is 20.9. The number of hydrogen-bond acceptors (Lipinski definition) is 4. The predicted octanol–water partition coefficient (Wildman–Crippen LogP) is 5.54. The van der Waals surface area contributed by atoms with E-state index in [0.29, 0.717) is 13.0 Å². The van der Waals surface area contributed by atoms with Gasteiger partial charge in [-0.3, -0.25) is 9.78 Å². The van der Waals surface area contributed by atoms with Gasteiger partial charge in [-0.1, -0.05) is 12.1 Å². The first kappa shape index (κ1) is 22.0. The van der Waals surface area contributed by atoms with Crippen molar-refractivity contribution in [2.45, 2.75) is 44.8 Å². The minimum atomic E-state index is -0.341. The van der Waals surface area contributed by atoms with Crippen LogP contribution in [0.4, 0.5) is 4.39 Å². The van der Waals surface area contributed by atoms with Gasteiger partial charge in [0.05, 0.1) is 12.9 Å². The third-order valence-electron chi connectivity index (χ3n) is 6.38. The van der Waals surface area contributed by atoms with Gasteiger partial charge < -0.3 is 9.30 Å². The van der Waals surface area contributed by atoms with Gasteiger partial charge in [0.25, 0.3) is 0 Å². The van der Waals surface area contributed by atoms with E-state index in [2.05, 4.69) is 9.97 Å². The monoisotopic (exact) mass is 455 g/mol. The van der Waals surface area contributed by atoms with Crippen molar-refractivity contribution in [3.63, 3.8) is 0 Å². The number of pyridine rings is 1. The van der Waals surface area contributed by atoms with E-state index in [1.54, 1.807) is 37.1 Å². The number of carbonyl (C=O) groups is 1. The highest BCUT2D eigenvalue weighted by Gasteiger charge is 2.24. The lowest BCUT2D eigenvalue weighted by atomic mass is 9.85. The number of ketones is 1. The molecule has 1 atom stereocenters. The van der Waals surface area contributed by atoms with Crippen LogP contribution in [-0.2, 0) is 25.8 Å². The van der Waals surface area contributed by atoms with Gasteiger partial charge in [-0.2, -0.15) is 0 Å². The average Bonchev–Trinajstić information content (AvgIpc) is 3.37. The molecule has 2 aromatic carbocycles. The van der Waals surface area contributed by atoms with Gasteiger partial charge in [0.2, 0.25) is 0 Å². The van der Waals surface area contributed by atoms with Crippen molar-refractivity contribution in [3.8, 4) is 5.75 Å².